The standard InChI is InChI=1S/C15H14FNO3/c1-9-3-4-12(16)6-11(9)7-17-8-13(15(19)20)14(18)5-10(17)2/h3-6,8H,7H2,1-2H3,(H,19,20). The Morgan fingerprint density at radius 1 is 1.30 bits per heavy atom. The van der Waals surface area contributed by atoms with Crippen LogP contribution in [0.5, 0.6) is 0 Å². The highest BCUT2D eigenvalue weighted by molar-refractivity contribution is 5.87. The second-order valence-electron chi connectivity index (χ2n) is 4.70. The topological polar surface area (TPSA) is 59.3 Å². The Kier molecular flexibility index (Phi) is 3.70. The van der Waals surface area contributed by atoms with Crippen LogP contribution in [0.2, 0.25) is 0 Å². The normalized spacial score (nSPS) is 10.6. The van der Waals surface area contributed by atoms with E-state index in [9.17, 15) is 14.0 Å². The Balaban J connectivity index is 2.48. The molecule has 0 bridgehead atoms. The maximum absolute atomic E-state index is 13.3. The molecule has 4 nitrogen and oxygen atoms in total. The lowest BCUT2D eigenvalue weighted by Crippen LogP contribution is -2.19. The number of halogens is 1. The zero-order chi connectivity index (χ0) is 14.9. The monoisotopic (exact) mass is 275 g/mol. The van der Waals surface area contributed by atoms with Gasteiger partial charge in [-0.25, -0.2) is 9.18 Å². The number of hydrogen-bond acceptors (Lipinski definition) is 2. The van der Waals surface area contributed by atoms with E-state index >= 15 is 0 Å². The van der Waals surface area contributed by atoms with Crippen LogP contribution in [-0.4, -0.2) is 15.6 Å². The number of benzene rings is 1. The van der Waals surface area contributed by atoms with Gasteiger partial charge in [0.25, 0.3) is 0 Å². The molecule has 0 radical (unpaired) electrons. The van der Waals surface area contributed by atoms with E-state index in [2.05, 4.69) is 0 Å². The second-order valence-corrected chi connectivity index (χ2v) is 4.70. The number of aryl methyl sites for hydroxylation is 2. The van der Waals surface area contributed by atoms with Crippen molar-refractivity contribution in [2.24, 2.45) is 0 Å². The van der Waals surface area contributed by atoms with Gasteiger partial charge in [-0.05, 0) is 37.1 Å². The Labute approximate surface area is 115 Å². The zero-order valence-electron chi connectivity index (χ0n) is 11.2. The van der Waals surface area contributed by atoms with Crippen LogP contribution >= 0.6 is 0 Å². The van der Waals surface area contributed by atoms with Gasteiger partial charge in [0.2, 0.25) is 0 Å². The summed E-state index contributed by atoms with van der Waals surface area (Å²) in [6.07, 6.45) is 1.30. The smallest absolute Gasteiger partial charge is 0.341 e. The molecule has 0 fully saturated rings. The van der Waals surface area contributed by atoms with Crippen molar-refractivity contribution >= 4 is 5.97 Å². The minimum absolute atomic E-state index is 0.287. The summed E-state index contributed by atoms with van der Waals surface area (Å²) in [5.41, 5.74) is 1.46. The van der Waals surface area contributed by atoms with Gasteiger partial charge in [0, 0.05) is 24.5 Å². The van der Waals surface area contributed by atoms with Crippen LogP contribution in [0.4, 0.5) is 4.39 Å². The van der Waals surface area contributed by atoms with Crippen molar-refractivity contribution in [1.29, 1.82) is 0 Å². The van der Waals surface area contributed by atoms with Crippen molar-refractivity contribution in [2.45, 2.75) is 20.4 Å². The number of carboxylic acids is 1. The first-order valence-corrected chi connectivity index (χ1v) is 6.08. The summed E-state index contributed by atoms with van der Waals surface area (Å²) < 4.78 is 14.9. The SMILES string of the molecule is Cc1ccc(F)cc1Cn1cc(C(=O)O)c(=O)cc1C. The molecule has 1 heterocycles. The van der Waals surface area contributed by atoms with Crippen LogP contribution in [0, 0.1) is 19.7 Å². The number of hydrogen-bond donors (Lipinski definition) is 1. The van der Waals surface area contributed by atoms with Crippen LogP contribution in [0.3, 0.4) is 0 Å². The minimum Gasteiger partial charge on any atom is -0.477 e. The van der Waals surface area contributed by atoms with E-state index in [0.29, 0.717) is 12.2 Å². The molecular formula is C15H14FNO3. The number of carbonyl (C=O) groups is 1. The van der Waals surface area contributed by atoms with Gasteiger partial charge in [-0.3, -0.25) is 4.79 Å². The van der Waals surface area contributed by atoms with E-state index in [1.807, 2.05) is 6.92 Å². The summed E-state index contributed by atoms with van der Waals surface area (Å²) in [6, 6.07) is 5.73. The van der Waals surface area contributed by atoms with Crippen LogP contribution in [0.25, 0.3) is 0 Å². The third-order valence-corrected chi connectivity index (χ3v) is 3.23. The van der Waals surface area contributed by atoms with E-state index in [1.165, 1.54) is 24.4 Å². The van der Waals surface area contributed by atoms with Gasteiger partial charge in [0.05, 0.1) is 0 Å². The average molecular weight is 275 g/mol. The predicted octanol–water partition coefficient (Wildman–Crippen LogP) is 2.35. The average Bonchev–Trinajstić information content (AvgIpc) is 2.36. The number of carboxylic acid groups (broad SMARTS) is 1. The van der Waals surface area contributed by atoms with Crippen molar-refractivity contribution in [1.82, 2.24) is 4.57 Å². The number of aromatic nitrogens is 1. The largest absolute Gasteiger partial charge is 0.477 e. The fourth-order valence-corrected chi connectivity index (χ4v) is 2.00. The van der Waals surface area contributed by atoms with E-state index < -0.39 is 11.4 Å². The maximum atomic E-state index is 13.3. The Bertz CT molecular complexity index is 734. The van der Waals surface area contributed by atoms with E-state index in [1.54, 1.807) is 17.6 Å². The quantitative estimate of drug-likeness (QED) is 0.935. The summed E-state index contributed by atoms with van der Waals surface area (Å²) in [4.78, 5) is 22.5. The molecular weight excluding hydrogens is 261 g/mol. The van der Waals surface area contributed by atoms with Gasteiger partial charge in [0.1, 0.15) is 11.4 Å². The summed E-state index contributed by atoms with van der Waals surface area (Å²) in [6.45, 7) is 3.88. The van der Waals surface area contributed by atoms with E-state index in [-0.39, 0.29) is 11.4 Å². The number of rotatable bonds is 3. The second kappa shape index (κ2) is 5.28. The fourth-order valence-electron chi connectivity index (χ4n) is 2.00. The molecule has 20 heavy (non-hydrogen) atoms. The molecule has 1 aromatic heterocycles. The first-order chi connectivity index (χ1) is 9.38. The summed E-state index contributed by atoms with van der Waals surface area (Å²) in [5, 5.41) is 8.97. The molecule has 0 saturated heterocycles. The Morgan fingerprint density at radius 3 is 2.65 bits per heavy atom. The highest BCUT2D eigenvalue weighted by Crippen LogP contribution is 2.13. The third-order valence-electron chi connectivity index (χ3n) is 3.23. The summed E-state index contributed by atoms with van der Waals surface area (Å²) in [7, 11) is 0. The molecule has 1 N–H and O–H groups in total. The van der Waals surface area contributed by atoms with Crippen molar-refractivity contribution in [3.05, 3.63) is 68.9 Å². The molecule has 5 heteroatoms. The van der Waals surface area contributed by atoms with E-state index in [4.69, 9.17) is 5.11 Å². The molecule has 0 unspecified atom stereocenters. The zero-order valence-corrected chi connectivity index (χ0v) is 11.2. The molecule has 0 spiro atoms. The molecule has 0 aliphatic rings. The van der Waals surface area contributed by atoms with Gasteiger partial charge in [-0.1, -0.05) is 6.07 Å². The molecule has 0 amide bonds. The van der Waals surface area contributed by atoms with Gasteiger partial charge >= 0.3 is 5.97 Å². The highest BCUT2D eigenvalue weighted by Gasteiger charge is 2.11. The van der Waals surface area contributed by atoms with Gasteiger partial charge in [0.15, 0.2) is 5.43 Å². The van der Waals surface area contributed by atoms with Gasteiger partial charge in [-0.2, -0.15) is 0 Å². The Hall–Kier alpha value is -2.43. The number of aromatic carboxylic acids is 1. The molecule has 2 aromatic rings. The lowest BCUT2D eigenvalue weighted by atomic mass is 10.1. The highest BCUT2D eigenvalue weighted by atomic mass is 19.1. The van der Waals surface area contributed by atoms with E-state index in [0.717, 1.165) is 11.1 Å². The molecule has 0 atom stereocenters. The predicted molar refractivity (Wildman–Crippen MR) is 72.6 cm³/mol. The van der Waals surface area contributed by atoms with Crippen LogP contribution in [-0.2, 0) is 6.54 Å². The fraction of sp³-hybridized carbons (Fsp3) is 0.200. The maximum Gasteiger partial charge on any atom is 0.341 e. The third kappa shape index (κ3) is 2.77. The molecule has 0 aliphatic carbocycles. The molecule has 0 aliphatic heterocycles. The van der Waals surface area contributed by atoms with Crippen molar-refractivity contribution in [3.8, 4) is 0 Å². The first-order valence-electron chi connectivity index (χ1n) is 6.08. The minimum atomic E-state index is -1.26. The van der Waals surface area contributed by atoms with Gasteiger partial charge < -0.3 is 9.67 Å². The van der Waals surface area contributed by atoms with Crippen LogP contribution in [0.1, 0.15) is 27.2 Å². The van der Waals surface area contributed by atoms with Crippen LogP contribution < -0.4 is 5.43 Å². The first kappa shape index (κ1) is 14.0. The summed E-state index contributed by atoms with van der Waals surface area (Å²) in [5.74, 6) is -1.61. The molecule has 1 aromatic carbocycles. The van der Waals surface area contributed by atoms with Crippen molar-refractivity contribution in [2.75, 3.05) is 0 Å². The lowest BCUT2D eigenvalue weighted by Gasteiger charge is -2.13. The Morgan fingerprint density at radius 2 is 2.00 bits per heavy atom. The van der Waals surface area contributed by atoms with Crippen molar-refractivity contribution < 1.29 is 14.3 Å². The van der Waals surface area contributed by atoms with Crippen LogP contribution in [0.15, 0.2) is 35.3 Å². The van der Waals surface area contributed by atoms with Gasteiger partial charge in [-0.15, -0.1) is 0 Å². The molecule has 0 saturated carbocycles. The number of nitrogens with zero attached hydrogens (tertiary/aromatic N) is 1. The number of pyridine rings is 1. The summed E-state index contributed by atoms with van der Waals surface area (Å²) >= 11 is 0. The molecule has 2 rings (SSSR count). The molecule has 104 valence electrons. The lowest BCUT2D eigenvalue weighted by molar-refractivity contribution is 0.0694. The van der Waals surface area contributed by atoms with Crippen molar-refractivity contribution in [3.63, 3.8) is 0 Å².